The highest BCUT2D eigenvalue weighted by atomic mass is 16.5. The number of likely N-dealkylation sites (tertiary alicyclic amines) is 1. The molecule has 5 nitrogen and oxygen atoms in total. The highest BCUT2D eigenvalue weighted by Gasteiger charge is 2.45. The van der Waals surface area contributed by atoms with Crippen LogP contribution in [-0.2, 0) is 18.3 Å². The molecule has 2 aliphatic heterocycles. The van der Waals surface area contributed by atoms with Gasteiger partial charge in [-0.3, -0.25) is 9.58 Å². The highest BCUT2D eigenvalue weighted by Crippen LogP contribution is 2.36. The molecule has 2 fully saturated rings. The number of aryl methyl sites for hydroxylation is 1. The first-order valence-corrected chi connectivity index (χ1v) is 8.36. The molecule has 1 N–H and O–H groups in total. The van der Waals surface area contributed by atoms with Gasteiger partial charge >= 0.3 is 0 Å². The zero-order valence-corrected chi connectivity index (χ0v) is 13.6. The lowest BCUT2D eigenvalue weighted by atomic mass is 9.97. The molecule has 1 aromatic carbocycles. The van der Waals surface area contributed by atoms with Gasteiger partial charge in [-0.2, -0.15) is 5.10 Å². The SMILES string of the molecule is Cn1cc(CN2CC[C@]3(C[C@@H](Nc4ccccc4)CO3)C2)cn1. The van der Waals surface area contributed by atoms with E-state index in [9.17, 15) is 0 Å². The summed E-state index contributed by atoms with van der Waals surface area (Å²) in [5.41, 5.74) is 2.50. The van der Waals surface area contributed by atoms with Crippen molar-refractivity contribution >= 4 is 5.69 Å². The van der Waals surface area contributed by atoms with Gasteiger partial charge in [0.1, 0.15) is 0 Å². The van der Waals surface area contributed by atoms with Crippen LogP contribution in [0.2, 0.25) is 0 Å². The molecule has 3 heterocycles. The summed E-state index contributed by atoms with van der Waals surface area (Å²) in [6.45, 7) is 3.90. The standard InChI is InChI=1S/C18H24N4O/c1-21-11-15(10-19-21)12-22-8-7-18(14-22)9-17(13-23-18)20-16-5-3-2-4-6-16/h2-6,10-11,17,20H,7-9,12-14H2,1H3/t17-,18+/m1/s1. The number of benzene rings is 1. The van der Waals surface area contributed by atoms with E-state index in [1.165, 1.54) is 11.3 Å². The molecule has 0 amide bonds. The highest BCUT2D eigenvalue weighted by molar-refractivity contribution is 5.43. The Morgan fingerprint density at radius 1 is 1.35 bits per heavy atom. The van der Waals surface area contributed by atoms with Crippen LogP contribution in [0.5, 0.6) is 0 Å². The molecule has 5 heteroatoms. The maximum absolute atomic E-state index is 6.23. The van der Waals surface area contributed by atoms with E-state index in [-0.39, 0.29) is 5.60 Å². The minimum atomic E-state index is 0.0364. The molecule has 1 spiro atoms. The molecule has 1 aromatic heterocycles. The quantitative estimate of drug-likeness (QED) is 0.940. The molecule has 0 radical (unpaired) electrons. The second kappa shape index (κ2) is 5.98. The monoisotopic (exact) mass is 312 g/mol. The normalized spacial score (nSPS) is 27.8. The Morgan fingerprint density at radius 3 is 3.00 bits per heavy atom. The predicted octanol–water partition coefficient (Wildman–Crippen LogP) is 2.27. The molecule has 0 bridgehead atoms. The van der Waals surface area contributed by atoms with Crippen LogP contribution in [0.25, 0.3) is 0 Å². The summed E-state index contributed by atoms with van der Waals surface area (Å²) in [5, 5.41) is 7.86. The molecule has 2 aromatic rings. The maximum Gasteiger partial charge on any atom is 0.0842 e. The van der Waals surface area contributed by atoms with Crippen LogP contribution in [0.3, 0.4) is 0 Å². The third kappa shape index (κ3) is 3.26. The topological polar surface area (TPSA) is 42.3 Å². The first-order valence-electron chi connectivity index (χ1n) is 8.36. The molecule has 0 aliphatic carbocycles. The molecular weight excluding hydrogens is 288 g/mol. The molecule has 4 rings (SSSR count). The van der Waals surface area contributed by atoms with E-state index >= 15 is 0 Å². The molecule has 0 unspecified atom stereocenters. The van der Waals surface area contributed by atoms with E-state index in [4.69, 9.17) is 4.74 Å². The average molecular weight is 312 g/mol. The van der Waals surface area contributed by atoms with Crippen molar-refractivity contribution in [2.45, 2.75) is 31.0 Å². The number of hydrogen-bond acceptors (Lipinski definition) is 4. The summed E-state index contributed by atoms with van der Waals surface area (Å²) >= 11 is 0. The van der Waals surface area contributed by atoms with Crippen LogP contribution in [0, 0.1) is 0 Å². The number of hydrogen-bond donors (Lipinski definition) is 1. The lowest BCUT2D eigenvalue weighted by Crippen LogP contribution is -2.33. The Labute approximate surface area is 137 Å². The maximum atomic E-state index is 6.23. The number of ether oxygens (including phenoxy) is 1. The van der Waals surface area contributed by atoms with E-state index in [1.54, 1.807) is 0 Å². The van der Waals surface area contributed by atoms with Gasteiger partial charge in [0.25, 0.3) is 0 Å². The number of rotatable bonds is 4. The number of nitrogens with one attached hydrogen (secondary N) is 1. The van der Waals surface area contributed by atoms with Crippen molar-refractivity contribution in [3.8, 4) is 0 Å². The van der Waals surface area contributed by atoms with E-state index < -0.39 is 0 Å². The zero-order valence-electron chi connectivity index (χ0n) is 13.6. The molecule has 122 valence electrons. The van der Waals surface area contributed by atoms with Crippen LogP contribution >= 0.6 is 0 Å². The second-order valence-corrected chi connectivity index (χ2v) is 6.89. The minimum Gasteiger partial charge on any atom is -0.380 e. The van der Waals surface area contributed by atoms with Crippen molar-refractivity contribution in [3.05, 3.63) is 48.3 Å². The van der Waals surface area contributed by atoms with Crippen LogP contribution in [0.15, 0.2) is 42.7 Å². The lowest BCUT2D eigenvalue weighted by Gasteiger charge is -2.23. The predicted molar refractivity (Wildman–Crippen MR) is 90.3 cm³/mol. The van der Waals surface area contributed by atoms with Gasteiger partial charge in [-0.05, 0) is 18.6 Å². The second-order valence-electron chi connectivity index (χ2n) is 6.89. The van der Waals surface area contributed by atoms with Gasteiger partial charge in [0.05, 0.1) is 24.4 Å². The molecule has 23 heavy (non-hydrogen) atoms. The van der Waals surface area contributed by atoms with Gasteiger partial charge in [0.2, 0.25) is 0 Å². The third-order valence-electron chi connectivity index (χ3n) is 4.91. The largest absolute Gasteiger partial charge is 0.380 e. The molecule has 2 atom stereocenters. The Balaban J connectivity index is 1.34. The minimum absolute atomic E-state index is 0.0364. The number of nitrogens with zero attached hydrogens (tertiary/aromatic N) is 3. The van der Waals surface area contributed by atoms with Crippen LogP contribution in [0.4, 0.5) is 5.69 Å². The van der Waals surface area contributed by atoms with E-state index in [2.05, 4.69) is 45.8 Å². The summed E-state index contributed by atoms with van der Waals surface area (Å²) in [6.07, 6.45) is 6.27. The van der Waals surface area contributed by atoms with E-state index in [1.807, 2.05) is 24.0 Å². The van der Waals surface area contributed by atoms with Crippen LogP contribution < -0.4 is 5.32 Å². The van der Waals surface area contributed by atoms with Crippen LogP contribution in [0.1, 0.15) is 18.4 Å². The summed E-state index contributed by atoms with van der Waals surface area (Å²) < 4.78 is 8.10. The molecule has 2 aliphatic rings. The number of para-hydroxylation sites is 1. The lowest BCUT2D eigenvalue weighted by molar-refractivity contribution is 0.0120. The number of anilines is 1. The number of aromatic nitrogens is 2. The fourth-order valence-electron chi connectivity index (χ4n) is 3.87. The Bertz CT molecular complexity index is 656. The Hall–Kier alpha value is -1.85. The summed E-state index contributed by atoms with van der Waals surface area (Å²) in [7, 11) is 1.97. The van der Waals surface area contributed by atoms with Gasteiger partial charge < -0.3 is 10.1 Å². The van der Waals surface area contributed by atoms with Crippen molar-refractivity contribution in [3.63, 3.8) is 0 Å². The van der Waals surface area contributed by atoms with Gasteiger partial charge in [-0.1, -0.05) is 18.2 Å². The van der Waals surface area contributed by atoms with Crippen LogP contribution in [-0.4, -0.2) is 46.0 Å². The molecule has 0 saturated carbocycles. The van der Waals surface area contributed by atoms with Gasteiger partial charge in [0, 0.05) is 50.6 Å². The van der Waals surface area contributed by atoms with Gasteiger partial charge in [0.15, 0.2) is 0 Å². The van der Waals surface area contributed by atoms with Crippen molar-refractivity contribution in [2.24, 2.45) is 7.05 Å². The molecule has 2 saturated heterocycles. The van der Waals surface area contributed by atoms with Crippen molar-refractivity contribution in [2.75, 3.05) is 25.0 Å². The fourth-order valence-corrected chi connectivity index (χ4v) is 3.87. The Morgan fingerprint density at radius 2 is 2.22 bits per heavy atom. The zero-order chi connectivity index (χ0) is 15.7. The average Bonchev–Trinajstić information content (AvgIpc) is 3.24. The van der Waals surface area contributed by atoms with Crippen molar-refractivity contribution < 1.29 is 4.74 Å². The summed E-state index contributed by atoms with van der Waals surface area (Å²) in [6, 6.07) is 10.8. The van der Waals surface area contributed by atoms with Gasteiger partial charge in [-0.25, -0.2) is 0 Å². The first-order chi connectivity index (χ1) is 11.2. The van der Waals surface area contributed by atoms with Crippen molar-refractivity contribution in [1.29, 1.82) is 0 Å². The summed E-state index contributed by atoms with van der Waals surface area (Å²) in [4.78, 5) is 2.49. The third-order valence-corrected chi connectivity index (χ3v) is 4.91. The van der Waals surface area contributed by atoms with Crippen molar-refractivity contribution in [1.82, 2.24) is 14.7 Å². The van der Waals surface area contributed by atoms with Gasteiger partial charge in [-0.15, -0.1) is 0 Å². The van der Waals surface area contributed by atoms with E-state index in [0.717, 1.165) is 39.1 Å². The van der Waals surface area contributed by atoms with E-state index in [0.29, 0.717) is 6.04 Å². The summed E-state index contributed by atoms with van der Waals surface area (Å²) in [5.74, 6) is 0. The fraction of sp³-hybridized carbons (Fsp3) is 0.500. The Kier molecular flexibility index (Phi) is 3.83. The first kappa shape index (κ1) is 14.7. The smallest absolute Gasteiger partial charge is 0.0842 e. The molecular formula is C18H24N4O.